The molecule has 0 radical (unpaired) electrons. The zero-order valence-corrected chi connectivity index (χ0v) is 19.0. The third kappa shape index (κ3) is 5.03. The van der Waals surface area contributed by atoms with Crippen molar-refractivity contribution in [2.24, 2.45) is 5.41 Å². The number of Topliss-reactive ketones (excluding diaryl/α,β-unsaturated/α-hetero) is 1. The van der Waals surface area contributed by atoms with Crippen LogP contribution < -0.4 is 10.1 Å². The molecule has 1 atom stereocenters. The number of ether oxygens (including phenoxy) is 2. The molecule has 0 spiro atoms. The van der Waals surface area contributed by atoms with Gasteiger partial charge in [-0.1, -0.05) is 63.7 Å². The van der Waals surface area contributed by atoms with Gasteiger partial charge in [-0.2, -0.15) is 0 Å². The van der Waals surface area contributed by atoms with Crippen LogP contribution in [0.2, 0.25) is 0 Å². The van der Waals surface area contributed by atoms with Gasteiger partial charge in [0.05, 0.1) is 12.7 Å². The summed E-state index contributed by atoms with van der Waals surface area (Å²) in [5, 5.41) is 3.34. The number of benzene rings is 2. The summed E-state index contributed by atoms with van der Waals surface area (Å²) < 4.78 is 11.1. The number of ketones is 1. The molecule has 0 amide bonds. The molecule has 33 heavy (non-hydrogen) atoms. The largest absolute Gasteiger partial charge is 0.489 e. The second kappa shape index (κ2) is 9.65. The zero-order chi connectivity index (χ0) is 22.9. The molecule has 0 aromatic heterocycles. The molecule has 1 aliphatic carbocycles. The Morgan fingerprint density at radius 2 is 1.82 bits per heavy atom. The Labute approximate surface area is 196 Å². The molecular weight excluding hydrogens is 414 g/mol. The molecular formula is C28H33NO4. The lowest BCUT2D eigenvalue weighted by Crippen LogP contribution is -2.38. The van der Waals surface area contributed by atoms with Crippen molar-refractivity contribution in [2.45, 2.75) is 53.6 Å². The Kier molecular flexibility index (Phi) is 7.11. The first-order chi connectivity index (χ1) is 15.3. The highest BCUT2D eigenvalue weighted by Gasteiger charge is 2.43. The maximum absolute atomic E-state index is 13.3. The lowest BCUT2D eigenvalue weighted by Gasteiger charge is -2.39. The van der Waals surface area contributed by atoms with E-state index in [1.54, 1.807) is 0 Å². The van der Waals surface area contributed by atoms with E-state index in [9.17, 15) is 9.59 Å². The molecule has 0 saturated heterocycles. The minimum atomic E-state index is -0.484. The summed E-state index contributed by atoms with van der Waals surface area (Å²) in [7, 11) is 1.37. The number of hydrogen-bond acceptors (Lipinski definition) is 5. The molecule has 0 fully saturated rings. The van der Waals surface area contributed by atoms with Gasteiger partial charge in [0.15, 0.2) is 5.78 Å². The fraction of sp³-hybridized carbons (Fsp3) is 0.357. The lowest BCUT2D eigenvalue weighted by molar-refractivity contribution is -0.136. The van der Waals surface area contributed by atoms with Crippen LogP contribution in [-0.4, -0.2) is 18.9 Å². The number of methoxy groups -OCH3 is 1. The van der Waals surface area contributed by atoms with Crippen molar-refractivity contribution in [1.29, 1.82) is 0 Å². The standard InChI is InChI=1S/C27H29NO4.CH4/c1-17-23(26(30)31-4)24(25-21(28-17)14-27(2,3)15-22(25)29)19-11-8-12-20(13-19)32-16-18-9-6-5-7-10-18;/h5-13,24,28H,14-16H2,1-4H3;1H4. The van der Waals surface area contributed by atoms with Crippen LogP contribution in [0.1, 0.15) is 58.1 Å². The fourth-order valence-electron chi connectivity index (χ4n) is 4.67. The van der Waals surface area contributed by atoms with Crippen molar-refractivity contribution in [1.82, 2.24) is 5.32 Å². The monoisotopic (exact) mass is 447 g/mol. The van der Waals surface area contributed by atoms with Crippen molar-refractivity contribution >= 4 is 11.8 Å². The number of dihydropyridines is 1. The van der Waals surface area contributed by atoms with E-state index in [0.29, 0.717) is 29.9 Å². The van der Waals surface area contributed by atoms with E-state index in [1.165, 1.54) is 7.11 Å². The van der Waals surface area contributed by atoms with E-state index in [4.69, 9.17) is 9.47 Å². The van der Waals surface area contributed by atoms with Crippen molar-refractivity contribution in [2.75, 3.05) is 7.11 Å². The van der Waals surface area contributed by atoms with Crippen molar-refractivity contribution in [3.63, 3.8) is 0 Å². The molecule has 0 bridgehead atoms. The SMILES string of the molecule is C.COC(=O)C1=C(C)NC2=C(C(=O)CC(C)(C)C2)C1c1cccc(OCc2ccccc2)c1. The predicted octanol–water partition coefficient (Wildman–Crippen LogP) is 5.68. The second-order valence-electron chi connectivity index (χ2n) is 9.27. The van der Waals surface area contributed by atoms with Crippen LogP contribution in [0.15, 0.2) is 77.1 Å². The van der Waals surface area contributed by atoms with Gasteiger partial charge in [-0.05, 0) is 42.0 Å². The normalized spacial score (nSPS) is 19.3. The van der Waals surface area contributed by atoms with Gasteiger partial charge in [-0.25, -0.2) is 4.79 Å². The van der Waals surface area contributed by atoms with E-state index in [1.807, 2.05) is 61.5 Å². The van der Waals surface area contributed by atoms with Gasteiger partial charge < -0.3 is 14.8 Å². The first kappa shape index (κ1) is 24.3. The molecule has 5 heteroatoms. The molecule has 2 aromatic rings. The molecule has 2 aliphatic rings. The van der Waals surface area contributed by atoms with Crippen molar-refractivity contribution < 1.29 is 19.1 Å². The lowest BCUT2D eigenvalue weighted by atomic mass is 9.68. The molecule has 5 nitrogen and oxygen atoms in total. The molecule has 0 saturated carbocycles. The van der Waals surface area contributed by atoms with Crippen LogP contribution in [-0.2, 0) is 20.9 Å². The smallest absolute Gasteiger partial charge is 0.336 e. The van der Waals surface area contributed by atoms with E-state index in [-0.39, 0.29) is 18.6 Å². The highest BCUT2D eigenvalue weighted by atomic mass is 16.5. The molecule has 1 aliphatic heterocycles. The van der Waals surface area contributed by atoms with Crippen molar-refractivity contribution in [3.8, 4) is 5.75 Å². The number of hydrogen-bond donors (Lipinski definition) is 1. The minimum Gasteiger partial charge on any atom is -0.489 e. The molecule has 174 valence electrons. The number of rotatable bonds is 5. The highest BCUT2D eigenvalue weighted by molar-refractivity contribution is 6.04. The Balaban J connectivity index is 0.00000306. The fourth-order valence-corrected chi connectivity index (χ4v) is 4.67. The van der Waals surface area contributed by atoms with E-state index >= 15 is 0 Å². The van der Waals surface area contributed by atoms with Gasteiger partial charge in [-0.15, -0.1) is 0 Å². The zero-order valence-electron chi connectivity index (χ0n) is 19.0. The van der Waals surface area contributed by atoms with Gasteiger partial charge in [0, 0.05) is 29.3 Å². The quantitative estimate of drug-likeness (QED) is 0.598. The van der Waals surface area contributed by atoms with E-state index in [0.717, 1.165) is 28.9 Å². The highest BCUT2D eigenvalue weighted by Crippen LogP contribution is 2.47. The Morgan fingerprint density at radius 1 is 1.09 bits per heavy atom. The Hall–Kier alpha value is -3.34. The summed E-state index contributed by atoms with van der Waals surface area (Å²) in [6.45, 7) is 6.50. The average molecular weight is 448 g/mol. The number of carbonyl (C=O) groups is 2. The van der Waals surface area contributed by atoms with Gasteiger partial charge >= 0.3 is 5.97 Å². The topological polar surface area (TPSA) is 64.6 Å². The summed E-state index contributed by atoms with van der Waals surface area (Å²) in [5.74, 6) is -0.155. The van der Waals surface area contributed by atoms with Crippen molar-refractivity contribution in [3.05, 3.63) is 88.3 Å². The van der Waals surface area contributed by atoms with Crippen LogP contribution in [0, 0.1) is 5.41 Å². The first-order valence-electron chi connectivity index (χ1n) is 10.9. The minimum absolute atomic E-state index is 0. The maximum atomic E-state index is 13.3. The molecule has 1 heterocycles. The molecule has 4 rings (SSSR count). The summed E-state index contributed by atoms with van der Waals surface area (Å²) in [5.41, 5.74) is 4.54. The molecule has 1 unspecified atom stereocenters. The Morgan fingerprint density at radius 3 is 2.52 bits per heavy atom. The summed E-state index contributed by atoms with van der Waals surface area (Å²) in [4.78, 5) is 26.1. The van der Waals surface area contributed by atoms with Crippen LogP contribution >= 0.6 is 0 Å². The van der Waals surface area contributed by atoms with Gasteiger partial charge in [-0.3, -0.25) is 4.79 Å². The van der Waals surface area contributed by atoms with Crippen LogP contribution in [0.4, 0.5) is 0 Å². The summed E-state index contributed by atoms with van der Waals surface area (Å²) >= 11 is 0. The van der Waals surface area contributed by atoms with E-state index in [2.05, 4.69) is 19.2 Å². The third-order valence-corrected chi connectivity index (χ3v) is 6.08. The van der Waals surface area contributed by atoms with Crippen LogP contribution in [0.5, 0.6) is 5.75 Å². The second-order valence-corrected chi connectivity index (χ2v) is 9.27. The summed E-state index contributed by atoms with van der Waals surface area (Å²) in [6, 6.07) is 17.6. The number of carbonyl (C=O) groups excluding carboxylic acids is 2. The number of allylic oxidation sites excluding steroid dienone is 3. The van der Waals surface area contributed by atoms with Gasteiger partial charge in [0.25, 0.3) is 0 Å². The van der Waals surface area contributed by atoms with Gasteiger partial charge in [0.2, 0.25) is 0 Å². The molecule has 1 N–H and O–H groups in total. The van der Waals surface area contributed by atoms with Crippen LogP contribution in [0.25, 0.3) is 0 Å². The first-order valence-corrected chi connectivity index (χ1v) is 10.9. The van der Waals surface area contributed by atoms with Crippen LogP contribution in [0.3, 0.4) is 0 Å². The summed E-state index contributed by atoms with van der Waals surface area (Å²) in [6.07, 6.45) is 1.20. The maximum Gasteiger partial charge on any atom is 0.336 e. The van der Waals surface area contributed by atoms with Gasteiger partial charge in [0.1, 0.15) is 12.4 Å². The number of nitrogens with one attached hydrogen (secondary N) is 1. The average Bonchev–Trinajstić information content (AvgIpc) is 2.76. The van der Waals surface area contributed by atoms with E-state index < -0.39 is 11.9 Å². The molecule has 2 aromatic carbocycles. The third-order valence-electron chi connectivity index (χ3n) is 6.08. The predicted molar refractivity (Wildman–Crippen MR) is 130 cm³/mol. The Bertz CT molecular complexity index is 1110. The number of esters is 1.